The second-order valence-electron chi connectivity index (χ2n) is 5.82. The molecule has 1 unspecified atom stereocenters. The third kappa shape index (κ3) is 3.64. The maximum Gasteiger partial charge on any atom is 0.307 e. The van der Waals surface area contributed by atoms with Crippen molar-refractivity contribution in [2.75, 3.05) is 12.4 Å². The monoisotopic (exact) mass is 350 g/mol. The molecule has 0 aliphatic carbocycles. The molecule has 6 nitrogen and oxygen atoms in total. The minimum absolute atomic E-state index is 0.0513. The highest BCUT2D eigenvalue weighted by Crippen LogP contribution is 2.34. The number of carbonyl (C=O) groups is 1. The summed E-state index contributed by atoms with van der Waals surface area (Å²) in [5.74, 6) is -0.336. The number of anilines is 1. The minimum atomic E-state index is -0.394. The molecule has 3 rings (SSSR count). The molecule has 0 spiro atoms. The van der Waals surface area contributed by atoms with Crippen LogP contribution in [0, 0.1) is 10.1 Å². The Bertz CT molecular complexity index is 941. The van der Waals surface area contributed by atoms with Gasteiger partial charge in [-0.3, -0.25) is 14.9 Å². The predicted molar refractivity (Wildman–Crippen MR) is 100 cm³/mol. The molecule has 0 aromatic heterocycles. The number of rotatable bonds is 6. The number of esters is 1. The van der Waals surface area contributed by atoms with Crippen LogP contribution >= 0.6 is 0 Å². The molecule has 0 aliphatic rings. The first-order valence-electron chi connectivity index (χ1n) is 8.14. The summed E-state index contributed by atoms with van der Waals surface area (Å²) in [6, 6.07) is 19.5. The van der Waals surface area contributed by atoms with Gasteiger partial charge in [-0.15, -0.1) is 0 Å². The molecule has 0 amide bonds. The number of nitro benzene ring substituents is 1. The highest BCUT2D eigenvalue weighted by atomic mass is 16.6. The Balaban J connectivity index is 2.03. The van der Waals surface area contributed by atoms with Crippen molar-refractivity contribution in [3.63, 3.8) is 0 Å². The zero-order valence-electron chi connectivity index (χ0n) is 14.2. The van der Waals surface area contributed by atoms with Crippen LogP contribution in [0.3, 0.4) is 0 Å². The van der Waals surface area contributed by atoms with Gasteiger partial charge < -0.3 is 10.1 Å². The molecule has 0 bridgehead atoms. The molecular weight excluding hydrogens is 332 g/mol. The van der Waals surface area contributed by atoms with Crippen LogP contribution in [-0.4, -0.2) is 18.0 Å². The molecule has 3 aromatic rings. The number of non-ortho nitro benzene ring substituents is 1. The SMILES string of the molecule is COC(=O)CC(Nc1ccc([N+](=O)[O-])c2ccccc12)c1ccccc1. The average molecular weight is 350 g/mol. The Kier molecular flexibility index (Phi) is 5.12. The number of methoxy groups -OCH3 is 1. The zero-order chi connectivity index (χ0) is 18.5. The van der Waals surface area contributed by atoms with Crippen LogP contribution in [-0.2, 0) is 9.53 Å². The number of benzene rings is 3. The van der Waals surface area contributed by atoms with E-state index < -0.39 is 4.92 Å². The van der Waals surface area contributed by atoms with Crippen LogP contribution in [0.25, 0.3) is 10.8 Å². The van der Waals surface area contributed by atoms with E-state index in [9.17, 15) is 14.9 Å². The number of hydrogen-bond acceptors (Lipinski definition) is 5. The first-order valence-corrected chi connectivity index (χ1v) is 8.14. The first-order chi connectivity index (χ1) is 12.6. The maximum atomic E-state index is 11.8. The first kappa shape index (κ1) is 17.4. The van der Waals surface area contributed by atoms with Crippen molar-refractivity contribution < 1.29 is 14.5 Å². The minimum Gasteiger partial charge on any atom is -0.469 e. The normalized spacial score (nSPS) is 11.7. The predicted octanol–water partition coefficient (Wildman–Crippen LogP) is 4.46. The van der Waals surface area contributed by atoms with Crippen molar-refractivity contribution >= 4 is 28.1 Å². The van der Waals surface area contributed by atoms with Gasteiger partial charge in [0.05, 0.1) is 29.9 Å². The fraction of sp³-hybridized carbons (Fsp3) is 0.150. The molecule has 0 fully saturated rings. The Hall–Kier alpha value is -3.41. The van der Waals surface area contributed by atoms with Gasteiger partial charge in [-0.25, -0.2) is 0 Å². The van der Waals surface area contributed by atoms with Gasteiger partial charge in [-0.2, -0.15) is 0 Å². The molecule has 6 heteroatoms. The van der Waals surface area contributed by atoms with Crippen LogP contribution in [0.15, 0.2) is 66.7 Å². The van der Waals surface area contributed by atoms with Crippen molar-refractivity contribution in [2.45, 2.75) is 12.5 Å². The topological polar surface area (TPSA) is 81.5 Å². The molecule has 1 atom stereocenters. The van der Waals surface area contributed by atoms with E-state index in [-0.39, 0.29) is 24.1 Å². The van der Waals surface area contributed by atoms with E-state index in [2.05, 4.69) is 5.32 Å². The van der Waals surface area contributed by atoms with Gasteiger partial charge >= 0.3 is 5.97 Å². The molecule has 0 radical (unpaired) electrons. The molecule has 1 N–H and O–H groups in total. The van der Waals surface area contributed by atoms with Crippen molar-refractivity contribution in [1.82, 2.24) is 0 Å². The van der Waals surface area contributed by atoms with E-state index >= 15 is 0 Å². The van der Waals surface area contributed by atoms with Crippen LogP contribution in [0.4, 0.5) is 11.4 Å². The smallest absolute Gasteiger partial charge is 0.307 e. The van der Waals surface area contributed by atoms with Crippen molar-refractivity contribution in [1.29, 1.82) is 0 Å². The molecule has 26 heavy (non-hydrogen) atoms. The highest BCUT2D eigenvalue weighted by molar-refractivity contribution is 5.99. The molecule has 0 heterocycles. The van der Waals surface area contributed by atoms with E-state index in [1.54, 1.807) is 18.2 Å². The van der Waals surface area contributed by atoms with Crippen LogP contribution in [0.2, 0.25) is 0 Å². The number of ether oxygens (including phenoxy) is 1. The lowest BCUT2D eigenvalue weighted by atomic mass is 10.0. The van der Waals surface area contributed by atoms with Crippen LogP contribution in [0.1, 0.15) is 18.0 Å². The van der Waals surface area contributed by atoms with Crippen molar-refractivity contribution in [3.8, 4) is 0 Å². The summed E-state index contributed by atoms with van der Waals surface area (Å²) >= 11 is 0. The molecule has 132 valence electrons. The maximum absolute atomic E-state index is 11.8. The van der Waals surface area contributed by atoms with E-state index in [0.29, 0.717) is 5.39 Å². The van der Waals surface area contributed by atoms with Crippen LogP contribution in [0.5, 0.6) is 0 Å². The Morgan fingerprint density at radius 1 is 1.04 bits per heavy atom. The number of nitro groups is 1. The quantitative estimate of drug-likeness (QED) is 0.403. The van der Waals surface area contributed by atoms with Gasteiger partial charge in [0.25, 0.3) is 5.69 Å². The summed E-state index contributed by atoms with van der Waals surface area (Å²) in [5, 5.41) is 15.9. The highest BCUT2D eigenvalue weighted by Gasteiger charge is 2.19. The fourth-order valence-corrected chi connectivity index (χ4v) is 2.94. The van der Waals surface area contributed by atoms with Gasteiger partial charge in [-0.05, 0) is 17.7 Å². The third-order valence-corrected chi connectivity index (χ3v) is 4.23. The molecular formula is C20H18N2O4. The lowest BCUT2D eigenvalue weighted by molar-refractivity contribution is -0.383. The summed E-state index contributed by atoms with van der Waals surface area (Å²) in [4.78, 5) is 22.7. The van der Waals surface area contributed by atoms with Gasteiger partial charge in [0.2, 0.25) is 0 Å². The fourth-order valence-electron chi connectivity index (χ4n) is 2.94. The third-order valence-electron chi connectivity index (χ3n) is 4.23. The lowest BCUT2D eigenvalue weighted by Gasteiger charge is -2.20. The standard InChI is InChI=1S/C20H18N2O4/c1-26-20(23)13-18(14-7-3-2-4-8-14)21-17-11-12-19(22(24)25)16-10-6-5-9-15(16)17/h2-12,18,21H,13H2,1H3. The largest absolute Gasteiger partial charge is 0.469 e. The van der Waals surface area contributed by atoms with Crippen LogP contribution < -0.4 is 5.32 Å². The summed E-state index contributed by atoms with van der Waals surface area (Å²) in [7, 11) is 1.35. The summed E-state index contributed by atoms with van der Waals surface area (Å²) < 4.78 is 4.81. The number of carbonyl (C=O) groups excluding carboxylic acids is 1. The second kappa shape index (κ2) is 7.65. The summed E-state index contributed by atoms with van der Waals surface area (Å²) in [5.41, 5.74) is 1.71. The lowest BCUT2D eigenvalue weighted by Crippen LogP contribution is -2.16. The molecule has 0 saturated carbocycles. The molecule has 0 aliphatic heterocycles. The molecule has 3 aromatic carbocycles. The molecule has 0 saturated heterocycles. The van der Waals surface area contributed by atoms with Crippen molar-refractivity contribution in [2.24, 2.45) is 0 Å². The number of fused-ring (bicyclic) bond motifs is 1. The van der Waals surface area contributed by atoms with E-state index in [1.807, 2.05) is 42.5 Å². The summed E-state index contributed by atoms with van der Waals surface area (Å²) in [6.07, 6.45) is 0.145. The number of hydrogen-bond donors (Lipinski definition) is 1. The Labute approximate surface area is 150 Å². The summed E-state index contributed by atoms with van der Waals surface area (Å²) in [6.45, 7) is 0. The van der Waals surface area contributed by atoms with Gasteiger partial charge in [0.15, 0.2) is 0 Å². The van der Waals surface area contributed by atoms with E-state index in [4.69, 9.17) is 4.74 Å². The Morgan fingerprint density at radius 3 is 2.35 bits per heavy atom. The second-order valence-corrected chi connectivity index (χ2v) is 5.82. The Morgan fingerprint density at radius 2 is 1.69 bits per heavy atom. The van der Waals surface area contributed by atoms with Gasteiger partial charge in [-0.1, -0.05) is 48.5 Å². The van der Waals surface area contributed by atoms with E-state index in [1.165, 1.54) is 13.2 Å². The van der Waals surface area contributed by atoms with Crippen molar-refractivity contribution in [3.05, 3.63) is 82.4 Å². The number of nitrogens with one attached hydrogen (secondary N) is 1. The van der Waals surface area contributed by atoms with Gasteiger partial charge in [0.1, 0.15) is 0 Å². The van der Waals surface area contributed by atoms with Gasteiger partial charge in [0, 0.05) is 17.1 Å². The average Bonchev–Trinajstić information content (AvgIpc) is 2.67. The number of nitrogens with zero attached hydrogens (tertiary/aromatic N) is 1. The zero-order valence-corrected chi connectivity index (χ0v) is 14.2. The van der Waals surface area contributed by atoms with E-state index in [0.717, 1.165) is 16.6 Å².